The predicted molar refractivity (Wildman–Crippen MR) is 115 cm³/mol. The van der Waals surface area contributed by atoms with Crippen LogP contribution in [0.5, 0.6) is 11.5 Å². The maximum absolute atomic E-state index is 12.4. The smallest absolute Gasteiger partial charge is 0.339 e. The number of hydrogen-bond donors (Lipinski definition) is 2. The normalized spacial score (nSPS) is 11.2. The van der Waals surface area contributed by atoms with E-state index in [-0.39, 0.29) is 12.1 Å². The first kappa shape index (κ1) is 23.7. The Morgan fingerprint density at radius 2 is 1.77 bits per heavy atom. The van der Waals surface area contributed by atoms with Gasteiger partial charge in [-0.25, -0.2) is 9.59 Å². The van der Waals surface area contributed by atoms with Crippen molar-refractivity contribution in [3.05, 3.63) is 59.7 Å². The number of imide groups is 1. The Bertz CT molecular complexity index is 885. The molecule has 3 amide bonds. The lowest BCUT2D eigenvalue weighted by molar-refractivity contribution is -0.127. The van der Waals surface area contributed by atoms with E-state index in [0.717, 1.165) is 18.4 Å². The SMILES string of the molecule is CCCCOc1ccc(C(=O)OC(C)C(=O)NC(=O)NCc2ccccc2)cc1OC. The van der Waals surface area contributed by atoms with Gasteiger partial charge in [0.2, 0.25) is 0 Å². The molecule has 0 radical (unpaired) electrons. The predicted octanol–water partition coefficient (Wildman–Crippen LogP) is 3.45. The van der Waals surface area contributed by atoms with Crippen molar-refractivity contribution in [2.45, 2.75) is 39.3 Å². The van der Waals surface area contributed by atoms with Gasteiger partial charge < -0.3 is 19.5 Å². The highest BCUT2D eigenvalue weighted by molar-refractivity contribution is 5.98. The van der Waals surface area contributed by atoms with Crippen LogP contribution in [0.3, 0.4) is 0 Å². The summed E-state index contributed by atoms with van der Waals surface area (Å²) in [6.07, 6.45) is 0.733. The number of rotatable bonds is 10. The number of ether oxygens (including phenoxy) is 3. The lowest BCUT2D eigenvalue weighted by Gasteiger charge is -2.15. The summed E-state index contributed by atoms with van der Waals surface area (Å²) in [7, 11) is 1.47. The second-order valence-electron chi connectivity index (χ2n) is 6.77. The Balaban J connectivity index is 1.87. The first-order valence-corrected chi connectivity index (χ1v) is 10.1. The van der Waals surface area contributed by atoms with E-state index in [9.17, 15) is 14.4 Å². The van der Waals surface area contributed by atoms with Gasteiger partial charge in [-0.15, -0.1) is 0 Å². The summed E-state index contributed by atoms with van der Waals surface area (Å²) in [6, 6.07) is 13.2. The van der Waals surface area contributed by atoms with E-state index in [1.54, 1.807) is 6.07 Å². The van der Waals surface area contributed by atoms with Gasteiger partial charge in [0.1, 0.15) is 0 Å². The fraction of sp³-hybridized carbons (Fsp3) is 0.348. The summed E-state index contributed by atoms with van der Waals surface area (Å²) in [5, 5.41) is 4.73. The van der Waals surface area contributed by atoms with Crippen molar-refractivity contribution in [2.24, 2.45) is 0 Å². The number of urea groups is 1. The molecule has 2 aromatic carbocycles. The molecule has 0 aliphatic heterocycles. The molecule has 166 valence electrons. The van der Waals surface area contributed by atoms with Crippen molar-refractivity contribution in [3.63, 3.8) is 0 Å². The summed E-state index contributed by atoms with van der Waals surface area (Å²) in [5.41, 5.74) is 1.09. The summed E-state index contributed by atoms with van der Waals surface area (Å²) >= 11 is 0. The molecule has 0 aliphatic rings. The van der Waals surface area contributed by atoms with Crippen molar-refractivity contribution in [3.8, 4) is 11.5 Å². The van der Waals surface area contributed by atoms with Gasteiger partial charge in [0.05, 0.1) is 19.3 Å². The molecular formula is C23H28N2O6. The van der Waals surface area contributed by atoms with Crippen LogP contribution in [0.4, 0.5) is 4.79 Å². The lowest BCUT2D eigenvalue weighted by Crippen LogP contribution is -2.44. The van der Waals surface area contributed by atoms with E-state index in [1.807, 2.05) is 30.3 Å². The quantitative estimate of drug-likeness (QED) is 0.444. The molecule has 0 fully saturated rings. The van der Waals surface area contributed by atoms with Gasteiger partial charge in [-0.2, -0.15) is 0 Å². The van der Waals surface area contributed by atoms with E-state index < -0.39 is 24.0 Å². The highest BCUT2D eigenvalue weighted by Crippen LogP contribution is 2.28. The number of carbonyl (C=O) groups is 3. The highest BCUT2D eigenvalue weighted by atomic mass is 16.5. The maximum atomic E-state index is 12.4. The molecule has 2 aromatic rings. The molecule has 0 bridgehead atoms. The molecule has 0 saturated carbocycles. The number of hydrogen-bond acceptors (Lipinski definition) is 6. The number of benzene rings is 2. The van der Waals surface area contributed by atoms with Crippen LogP contribution in [0, 0.1) is 0 Å². The van der Waals surface area contributed by atoms with Gasteiger partial charge in [-0.3, -0.25) is 10.1 Å². The molecule has 1 unspecified atom stereocenters. The average molecular weight is 428 g/mol. The zero-order valence-corrected chi connectivity index (χ0v) is 18.0. The number of carbonyl (C=O) groups excluding carboxylic acids is 3. The standard InChI is InChI=1S/C23H28N2O6/c1-4-5-13-30-19-12-11-18(14-20(19)29-3)22(27)31-16(2)21(26)25-23(28)24-15-17-9-7-6-8-10-17/h6-12,14,16H,4-5,13,15H2,1-3H3,(H2,24,25,26,28). The van der Waals surface area contributed by atoms with Gasteiger partial charge in [-0.05, 0) is 37.1 Å². The van der Waals surface area contributed by atoms with Gasteiger partial charge in [0, 0.05) is 6.54 Å². The summed E-state index contributed by atoms with van der Waals surface area (Å²) in [6.45, 7) is 4.25. The van der Waals surface area contributed by atoms with Crippen LogP contribution in [0.1, 0.15) is 42.6 Å². The molecule has 1 atom stereocenters. The van der Waals surface area contributed by atoms with E-state index in [0.29, 0.717) is 18.1 Å². The zero-order chi connectivity index (χ0) is 22.6. The minimum absolute atomic E-state index is 0.202. The molecule has 2 rings (SSSR count). The van der Waals surface area contributed by atoms with Crippen molar-refractivity contribution >= 4 is 17.9 Å². The van der Waals surface area contributed by atoms with Crippen LogP contribution in [-0.2, 0) is 16.1 Å². The summed E-state index contributed by atoms with van der Waals surface area (Å²) < 4.78 is 16.1. The van der Waals surface area contributed by atoms with Crippen LogP contribution in [0.2, 0.25) is 0 Å². The third-order valence-corrected chi connectivity index (χ3v) is 4.34. The van der Waals surface area contributed by atoms with Crippen LogP contribution in [-0.4, -0.2) is 37.7 Å². The van der Waals surface area contributed by atoms with Crippen molar-refractivity contribution < 1.29 is 28.6 Å². The zero-order valence-electron chi connectivity index (χ0n) is 18.0. The van der Waals surface area contributed by atoms with Crippen LogP contribution < -0.4 is 20.1 Å². The number of unbranched alkanes of at least 4 members (excludes halogenated alkanes) is 1. The molecule has 0 aromatic heterocycles. The van der Waals surface area contributed by atoms with Crippen molar-refractivity contribution in [1.82, 2.24) is 10.6 Å². The molecule has 8 nitrogen and oxygen atoms in total. The molecule has 0 saturated heterocycles. The second-order valence-corrected chi connectivity index (χ2v) is 6.77. The minimum atomic E-state index is -1.17. The van der Waals surface area contributed by atoms with Gasteiger partial charge in [0.15, 0.2) is 17.6 Å². The lowest BCUT2D eigenvalue weighted by atomic mass is 10.2. The van der Waals surface area contributed by atoms with Gasteiger partial charge in [-0.1, -0.05) is 43.7 Å². The average Bonchev–Trinajstić information content (AvgIpc) is 2.78. The largest absolute Gasteiger partial charge is 0.493 e. The number of nitrogens with one attached hydrogen (secondary N) is 2. The van der Waals surface area contributed by atoms with Crippen molar-refractivity contribution in [2.75, 3.05) is 13.7 Å². The third-order valence-electron chi connectivity index (χ3n) is 4.34. The summed E-state index contributed by atoms with van der Waals surface area (Å²) in [5.74, 6) is -0.535. The first-order valence-electron chi connectivity index (χ1n) is 10.1. The summed E-state index contributed by atoms with van der Waals surface area (Å²) in [4.78, 5) is 36.5. The third kappa shape index (κ3) is 7.65. The number of methoxy groups -OCH3 is 1. The molecular weight excluding hydrogens is 400 g/mol. The van der Waals surface area contributed by atoms with E-state index in [1.165, 1.54) is 26.2 Å². The van der Waals surface area contributed by atoms with Gasteiger partial charge in [0.25, 0.3) is 5.91 Å². The molecule has 0 aliphatic carbocycles. The Labute approximate surface area is 181 Å². The molecule has 8 heteroatoms. The van der Waals surface area contributed by atoms with Crippen LogP contribution in [0.25, 0.3) is 0 Å². The number of amides is 3. The molecule has 31 heavy (non-hydrogen) atoms. The number of esters is 1. The monoisotopic (exact) mass is 428 g/mol. The Kier molecular flexibility index (Phi) is 9.35. The van der Waals surface area contributed by atoms with Crippen LogP contribution in [0.15, 0.2) is 48.5 Å². The first-order chi connectivity index (χ1) is 14.9. The van der Waals surface area contributed by atoms with E-state index >= 15 is 0 Å². The Morgan fingerprint density at radius 3 is 2.45 bits per heavy atom. The Hall–Kier alpha value is -3.55. The Morgan fingerprint density at radius 1 is 1.03 bits per heavy atom. The molecule has 0 spiro atoms. The molecule has 0 heterocycles. The van der Waals surface area contributed by atoms with Crippen molar-refractivity contribution in [1.29, 1.82) is 0 Å². The fourth-order valence-electron chi connectivity index (χ4n) is 2.56. The van der Waals surface area contributed by atoms with Gasteiger partial charge >= 0.3 is 12.0 Å². The van der Waals surface area contributed by atoms with Crippen LogP contribution >= 0.6 is 0 Å². The van der Waals surface area contributed by atoms with E-state index in [2.05, 4.69) is 17.6 Å². The van der Waals surface area contributed by atoms with E-state index in [4.69, 9.17) is 14.2 Å². The topological polar surface area (TPSA) is 103 Å². The molecule has 2 N–H and O–H groups in total. The highest BCUT2D eigenvalue weighted by Gasteiger charge is 2.21. The second kappa shape index (κ2) is 12.2. The maximum Gasteiger partial charge on any atom is 0.339 e. The minimum Gasteiger partial charge on any atom is -0.493 e. The fourth-order valence-corrected chi connectivity index (χ4v) is 2.56.